The van der Waals surface area contributed by atoms with Crippen molar-refractivity contribution in [1.29, 1.82) is 0 Å². The number of hydrogen-bond donors (Lipinski definition) is 2. The zero-order valence-electron chi connectivity index (χ0n) is 13.9. The summed E-state index contributed by atoms with van der Waals surface area (Å²) in [4.78, 5) is 12.0. The second-order valence-electron chi connectivity index (χ2n) is 5.69. The minimum atomic E-state index is -3.64. The van der Waals surface area contributed by atoms with Crippen LogP contribution < -0.4 is 10.0 Å². The van der Waals surface area contributed by atoms with Crippen LogP contribution in [0.3, 0.4) is 0 Å². The quantitative estimate of drug-likeness (QED) is 0.695. The minimum Gasteiger partial charge on any atom is -0.469 e. The number of amides is 1. The van der Waals surface area contributed by atoms with E-state index in [2.05, 4.69) is 10.0 Å². The molecule has 1 aromatic heterocycles. The van der Waals surface area contributed by atoms with Crippen LogP contribution in [-0.2, 0) is 21.2 Å². The molecule has 0 spiro atoms. The summed E-state index contributed by atoms with van der Waals surface area (Å²) in [6, 6.07) is 9.53. The molecule has 136 valence electrons. The van der Waals surface area contributed by atoms with Crippen LogP contribution in [0.25, 0.3) is 0 Å². The summed E-state index contributed by atoms with van der Waals surface area (Å²) in [5, 5.41) is 3.30. The first kappa shape index (κ1) is 19.5. The van der Waals surface area contributed by atoms with E-state index in [9.17, 15) is 13.2 Å². The summed E-state index contributed by atoms with van der Waals surface area (Å²) < 4.78 is 31.8. The lowest BCUT2D eigenvalue weighted by Crippen LogP contribution is -2.35. The van der Waals surface area contributed by atoms with Crippen LogP contribution in [0.5, 0.6) is 0 Å². The molecule has 1 aromatic carbocycles. The monoisotopic (exact) mass is 384 g/mol. The van der Waals surface area contributed by atoms with E-state index in [-0.39, 0.29) is 29.8 Å². The van der Waals surface area contributed by atoms with Gasteiger partial charge in [-0.1, -0.05) is 11.6 Å². The molecule has 1 atom stereocenters. The number of halogens is 1. The molecule has 0 aliphatic heterocycles. The van der Waals surface area contributed by atoms with E-state index in [0.717, 1.165) is 18.6 Å². The lowest BCUT2D eigenvalue weighted by molar-refractivity contribution is -0.121. The Morgan fingerprint density at radius 2 is 1.96 bits per heavy atom. The first-order valence-electron chi connectivity index (χ1n) is 7.94. The molecular weight excluding hydrogens is 364 g/mol. The molecule has 1 heterocycles. The van der Waals surface area contributed by atoms with Crippen molar-refractivity contribution in [2.75, 3.05) is 6.54 Å². The van der Waals surface area contributed by atoms with Crippen molar-refractivity contribution in [3.05, 3.63) is 53.4 Å². The van der Waals surface area contributed by atoms with E-state index in [0.29, 0.717) is 5.02 Å². The van der Waals surface area contributed by atoms with E-state index in [1.807, 2.05) is 19.1 Å². The van der Waals surface area contributed by atoms with Gasteiger partial charge in [-0.25, -0.2) is 13.1 Å². The van der Waals surface area contributed by atoms with Crippen molar-refractivity contribution < 1.29 is 17.6 Å². The van der Waals surface area contributed by atoms with Crippen molar-refractivity contribution in [1.82, 2.24) is 10.0 Å². The van der Waals surface area contributed by atoms with Crippen molar-refractivity contribution in [3.8, 4) is 0 Å². The highest BCUT2D eigenvalue weighted by Crippen LogP contribution is 2.13. The second kappa shape index (κ2) is 9.03. The van der Waals surface area contributed by atoms with Gasteiger partial charge in [-0.15, -0.1) is 0 Å². The summed E-state index contributed by atoms with van der Waals surface area (Å²) in [5.41, 5.74) is 0. The van der Waals surface area contributed by atoms with E-state index in [1.165, 1.54) is 24.3 Å². The Labute approximate surface area is 152 Å². The number of aryl methyl sites for hydroxylation is 1. The van der Waals surface area contributed by atoms with Crippen LogP contribution in [0.4, 0.5) is 0 Å². The van der Waals surface area contributed by atoms with Gasteiger partial charge in [-0.2, -0.15) is 0 Å². The second-order valence-corrected chi connectivity index (χ2v) is 7.89. The molecule has 0 saturated carbocycles. The molecule has 0 aliphatic rings. The molecule has 2 aromatic rings. The fraction of sp³-hybridized carbons (Fsp3) is 0.353. The van der Waals surface area contributed by atoms with Crippen molar-refractivity contribution in [3.63, 3.8) is 0 Å². The highest BCUT2D eigenvalue weighted by atomic mass is 35.5. The first-order valence-corrected chi connectivity index (χ1v) is 9.80. The Hall–Kier alpha value is -1.83. The molecule has 25 heavy (non-hydrogen) atoms. The van der Waals surface area contributed by atoms with Crippen molar-refractivity contribution in [2.24, 2.45) is 0 Å². The molecule has 2 N–H and O–H groups in total. The SMILES string of the molecule is CC(CCc1ccco1)NC(=O)CCNS(=O)(=O)c1ccc(Cl)cc1. The summed E-state index contributed by atoms with van der Waals surface area (Å²) in [7, 11) is -3.64. The summed E-state index contributed by atoms with van der Waals surface area (Å²) in [6.07, 6.45) is 3.16. The van der Waals surface area contributed by atoms with Gasteiger partial charge in [0.05, 0.1) is 11.2 Å². The topological polar surface area (TPSA) is 88.4 Å². The maximum atomic E-state index is 12.1. The molecular formula is C17H21ClN2O4S. The maximum Gasteiger partial charge on any atom is 0.240 e. The minimum absolute atomic E-state index is 0.0227. The highest BCUT2D eigenvalue weighted by molar-refractivity contribution is 7.89. The summed E-state index contributed by atoms with van der Waals surface area (Å²) in [6.45, 7) is 1.93. The van der Waals surface area contributed by atoms with Gasteiger partial charge < -0.3 is 9.73 Å². The molecule has 0 aliphatic carbocycles. The van der Waals surface area contributed by atoms with E-state index < -0.39 is 10.0 Å². The number of carbonyl (C=O) groups is 1. The van der Waals surface area contributed by atoms with Gasteiger partial charge in [-0.05, 0) is 49.7 Å². The standard InChI is InChI=1S/C17H21ClN2O4S/c1-13(4-7-15-3-2-12-24-15)20-17(21)10-11-19-25(22,23)16-8-5-14(18)6-9-16/h2-3,5-6,8-9,12-13,19H,4,7,10-11H2,1H3,(H,20,21). The predicted molar refractivity (Wildman–Crippen MR) is 95.9 cm³/mol. The van der Waals surface area contributed by atoms with Gasteiger partial charge in [0.25, 0.3) is 0 Å². The number of hydrogen-bond acceptors (Lipinski definition) is 4. The lowest BCUT2D eigenvalue weighted by atomic mass is 10.1. The van der Waals surface area contributed by atoms with Crippen molar-refractivity contribution in [2.45, 2.75) is 37.1 Å². The van der Waals surface area contributed by atoms with Gasteiger partial charge in [0.15, 0.2) is 0 Å². The lowest BCUT2D eigenvalue weighted by Gasteiger charge is -2.13. The average molecular weight is 385 g/mol. The maximum absolute atomic E-state index is 12.1. The van der Waals surface area contributed by atoms with E-state index in [1.54, 1.807) is 6.26 Å². The zero-order chi connectivity index (χ0) is 18.3. The number of sulfonamides is 1. The Bertz CT molecular complexity index is 773. The number of furan rings is 1. The number of nitrogens with one attached hydrogen (secondary N) is 2. The Morgan fingerprint density at radius 3 is 2.60 bits per heavy atom. The fourth-order valence-corrected chi connectivity index (χ4v) is 3.39. The molecule has 1 unspecified atom stereocenters. The molecule has 0 fully saturated rings. The molecule has 8 heteroatoms. The Morgan fingerprint density at radius 1 is 1.24 bits per heavy atom. The van der Waals surface area contributed by atoms with Crippen LogP contribution in [0, 0.1) is 0 Å². The predicted octanol–water partition coefficient (Wildman–Crippen LogP) is 2.74. The third-order valence-corrected chi connectivity index (χ3v) is 5.31. The zero-order valence-corrected chi connectivity index (χ0v) is 15.4. The van der Waals surface area contributed by atoms with Crippen LogP contribution in [0.15, 0.2) is 52.0 Å². The smallest absolute Gasteiger partial charge is 0.240 e. The molecule has 1 amide bonds. The van der Waals surface area contributed by atoms with Crippen LogP contribution in [-0.4, -0.2) is 26.9 Å². The normalized spacial score (nSPS) is 12.7. The highest BCUT2D eigenvalue weighted by Gasteiger charge is 2.14. The molecule has 0 radical (unpaired) electrons. The van der Waals surface area contributed by atoms with Gasteiger partial charge in [0.2, 0.25) is 15.9 Å². The molecule has 2 rings (SSSR count). The van der Waals surface area contributed by atoms with Gasteiger partial charge in [-0.3, -0.25) is 4.79 Å². The van der Waals surface area contributed by atoms with Gasteiger partial charge in [0, 0.05) is 30.5 Å². The average Bonchev–Trinajstić information content (AvgIpc) is 3.06. The molecule has 6 nitrogen and oxygen atoms in total. The largest absolute Gasteiger partial charge is 0.469 e. The summed E-state index contributed by atoms with van der Waals surface area (Å²) >= 11 is 5.74. The van der Waals surface area contributed by atoms with Crippen molar-refractivity contribution >= 4 is 27.5 Å². The molecule has 0 saturated heterocycles. The Kier molecular flexibility index (Phi) is 7.04. The number of rotatable bonds is 9. The third-order valence-electron chi connectivity index (χ3n) is 3.58. The van der Waals surface area contributed by atoms with E-state index in [4.69, 9.17) is 16.0 Å². The van der Waals surface area contributed by atoms with Crippen LogP contribution in [0.1, 0.15) is 25.5 Å². The fourth-order valence-electron chi connectivity index (χ4n) is 2.23. The van der Waals surface area contributed by atoms with Crippen LogP contribution in [0.2, 0.25) is 5.02 Å². The van der Waals surface area contributed by atoms with Gasteiger partial charge in [0.1, 0.15) is 5.76 Å². The molecule has 0 bridgehead atoms. The van der Waals surface area contributed by atoms with E-state index >= 15 is 0 Å². The Balaban J connectivity index is 1.71. The first-order chi connectivity index (χ1) is 11.9. The number of carbonyl (C=O) groups excluding carboxylic acids is 1. The van der Waals surface area contributed by atoms with Crippen LogP contribution >= 0.6 is 11.6 Å². The summed E-state index contributed by atoms with van der Waals surface area (Å²) in [5.74, 6) is 0.669. The number of benzene rings is 1. The van der Waals surface area contributed by atoms with Gasteiger partial charge >= 0.3 is 0 Å². The third kappa shape index (κ3) is 6.53.